The Balaban J connectivity index is 1.55. The lowest BCUT2D eigenvalue weighted by atomic mass is 9.87. The topological polar surface area (TPSA) is 49.9 Å². The summed E-state index contributed by atoms with van der Waals surface area (Å²) in [5.74, 6) is 1.03. The van der Waals surface area contributed by atoms with Crippen LogP contribution in [0.5, 0.6) is 5.75 Å². The number of carbonyl (C=O) groups excluding carboxylic acids is 2. The fourth-order valence-electron chi connectivity index (χ4n) is 4.92. The molecule has 0 radical (unpaired) electrons. The highest BCUT2D eigenvalue weighted by Gasteiger charge is 2.59. The van der Waals surface area contributed by atoms with E-state index in [0.717, 1.165) is 16.8 Å². The molecular formula is C29H29ClN2O3S. The van der Waals surface area contributed by atoms with Crippen molar-refractivity contribution in [3.63, 3.8) is 0 Å². The van der Waals surface area contributed by atoms with Crippen molar-refractivity contribution in [2.45, 2.75) is 37.6 Å². The Bertz CT molecular complexity index is 1320. The standard InChI is InChI=1S/C29H29ClN2O3S/c1-28(2,3)21-9-5-19(6-10-21)18-31-25-14-13-23(35-4)17-24(25)29(27(31)34)32(15-16-36-29)26(33)20-7-11-22(30)12-8-20/h5-14,17H,15-16,18H2,1-4H3/t29-/m1/s1. The van der Waals surface area contributed by atoms with Crippen molar-refractivity contribution in [2.24, 2.45) is 0 Å². The number of nitrogens with zero attached hydrogens (tertiary/aromatic N) is 2. The molecule has 1 atom stereocenters. The number of hydrogen-bond acceptors (Lipinski definition) is 4. The van der Waals surface area contributed by atoms with Gasteiger partial charge in [-0.1, -0.05) is 56.6 Å². The molecule has 36 heavy (non-hydrogen) atoms. The van der Waals surface area contributed by atoms with Gasteiger partial charge in [-0.15, -0.1) is 11.8 Å². The second-order valence-electron chi connectivity index (χ2n) is 10.2. The highest BCUT2D eigenvalue weighted by Crippen LogP contribution is 2.55. The van der Waals surface area contributed by atoms with Gasteiger partial charge in [0.05, 0.1) is 19.3 Å². The maximum absolute atomic E-state index is 14.3. The Hall–Kier alpha value is -2.96. The molecule has 0 aliphatic carbocycles. The third kappa shape index (κ3) is 4.06. The molecule has 3 aromatic rings. The van der Waals surface area contributed by atoms with Gasteiger partial charge < -0.3 is 14.5 Å². The van der Waals surface area contributed by atoms with Crippen LogP contribution in [0.4, 0.5) is 5.69 Å². The average molecular weight is 521 g/mol. The van der Waals surface area contributed by atoms with Gasteiger partial charge in [-0.25, -0.2) is 0 Å². The van der Waals surface area contributed by atoms with E-state index in [2.05, 4.69) is 45.0 Å². The molecule has 0 saturated carbocycles. The van der Waals surface area contributed by atoms with Crippen LogP contribution in [0.15, 0.2) is 66.7 Å². The predicted molar refractivity (Wildman–Crippen MR) is 146 cm³/mol. The lowest BCUT2D eigenvalue weighted by Crippen LogP contribution is -2.50. The lowest BCUT2D eigenvalue weighted by molar-refractivity contribution is -0.123. The summed E-state index contributed by atoms with van der Waals surface area (Å²) in [5, 5.41) is 0.563. The first-order valence-corrected chi connectivity index (χ1v) is 13.3. The molecule has 1 spiro atoms. The van der Waals surface area contributed by atoms with Gasteiger partial charge in [0.1, 0.15) is 5.75 Å². The highest BCUT2D eigenvalue weighted by molar-refractivity contribution is 8.01. The minimum atomic E-state index is -1.13. The number of hydrogen-bond donors (Lipinski definition) is 0. The SMILES string of the molecule is COc1ccc2c(c1)[C@@]1(SCCN1C(=O)c1ccc(Cl)cc1)C(=O)N2Cc1ccc(C(C)(C)C)cc1. The van der Waals surface area contributed by atoms with Gasteiger partial charge >= 0.3 is 0 Å². The molecule has 7 heteroatoms. The molecule has 2 aliphatic rings. The quantitative estimate of drug-likeness (QED) is 0.409. The van der Waals surface area contributed by atoms with Crippen molar-refractivity contribution >= 4 is 40.9 Å². The van der Waals surface area contributed by atoms with Crippen molar-refractivity contribution < 1.29 is 14.3 Å². The fraction of sp³-hybridized carbons (Fsp3) is 0.310. The van der Waals surface area contributed by atoms with E-state index in [1.54, 1.807) is 41.2 Å². The number of thioether (sulfide) groups is 1. The minimum Gasteiger partial charge on any atom is -0.497 e. The van der Waals surface area contributed by atoms with Gasteiger partial charge in [-0.3, -0.25) is 9.59 Å². The molecule has 2 amide bonds. The van der Waals surface area contributed by atoms with Crippen LogP contribution < -0.4 is 9.64 Å². The molecule has 5 rings (SSSR count). The van der Waals surface area contributed by atoms with E-state index >= 15 is 0 Å². The largest absolute Gasteiger partial charge is 0.497 e. The molecule has 0 unspecified atom stereocenters. The molecule has 2 heterocycles. The van der Waals surface area contributed by atoms with E-state index in [1.165, 1.54) is 17.3 Å². The zero-order chi connectivity index (χ0) is 25.7. The first-order chi connectivity index (χ1) is 17.1. The zero-order valence-electron chi connectivity index (χ0n) is 20.9. The number of ether oxygens (including phenoxy) is 1. The molecular weight excluding hydrogens is 492 g/mol. The summed E-state index contributed by atoms with van der Waals surface area (Å²) in [4.78, 5) is 30.3. The lowest BCUT2D eigenvalue weighted by Gasteiger charge is -2.33. The molecule has 0 aromatic heterocycles. The van der Waals surface area contributed by atoms with Gasteiger partial charge in [0.25, 0.3) is 11.8 Å². The molecule has 2 aliphatic heterocycles. The number of benzene rings is 3. The van der Waals surface area contributed by atoms with Crippen LogP contribution in [0.25, 0.3) is 0 Å². The van der Waals surface area contributed by atoms with E-state index in [1.807, 2.05) is 18.2 Å². The third-order valence-electron chi connectivity index (χ3n) is 6.90. The maximum atomic E-state index is 14.3. The van der Waals surface area contributed by atoms with E-state index in [-0.39, 0.29) is 17.2 Å². The normalized spacial score (nSPS) is 19.2. The van der Waals surface area contributed by atoms with Crippen molar-refractivity contribution in [2.75, 3.05) is 24.3 Å². The highest BCUT2D eigenvalue weighted by atomic mass is 35.5. The van der Waals surface area contributed by atoms with E-state index in [0.29, 0.717) is 35.2 Å². The fourth-order valence-corrected chi connectivity index (χ4v) is 6.50. The van der Waals surface area contributed by atoms with Crippen molar-refractivity contribution in [3.8, 4) is 5.75 Å². The molecule has 3 aromatic carbocycles. The van der Waals surface area contributed by atoms with E-state index in [4.69, 9.17) is 16.3 Å². The van der Waals surface area contributed by atoms with Gasteiger partial charge in [0.2, 0.25) is 0 Å². The Morgan fingerprint density at radius 3 is 2.39 bits per heavy atom. The smallest absolute Gasteiger partial charge is 0.268 e. The van der Waals surface area contributed by atoms with Crippen molar-refractivity contribution in [1.29, 1.82) is 0 Å². The predicted octanol–water partition coefficient (Wildman–Crippen LogP) is 6.23. The summed E-state index contributed by atoms with van der Waals surface area (Å²) in [7, 11) is 1.61. The van der Waals surface area contributed by atoms with Crippen LogP contribution in [0.3, 0.4) is 0 Å². The summed E-state index contributed by atoms with van der Waals surface area (Å²) in [6.07, 6.45) is 0. The Morgan fingerprint density at radius 2 is 1.75 bits per heavy atom. The number of carbonyl (C=O) groups is 2. The Labute approximate surface area is 221 Å². The number of amides is 2. The van der Waals surface area contributed by atoms with Crippen LogP contribution >= 0.6 is 23.4 Å². The number of rotatable bonds is 4. The molecule has 186 valence electrons. The van der Waals surface area contributed by atoms with Crippen LogP contribution in [-0.4, -0.2) is 36.1 Å². The van der Waals surface area contributed by atoms with Gasteiger partial charge in [-0.2, -0.15) is 0 Å². The average Bonchev–Trinajstić information content (AvgIpc) is 3.40. The second kappa shape index (κ2) is 9.16. The molecule has 1 fully saturated rings. The summed E-state index contributed by atoms with van der Waals surface area (Å²) >= 11 is 7.56. The minimum absolute atomic E-state index is 0.0538. The van der Waals surface area contributed by atoms with Gasteiger partial charge in [-0.05, 0) is 59.0 Å². The van der Waals surface area contributed by atoms with E-state index < -0.39 is 4.87 Å². The molecule has 0 bridgehead atoms. The molecule has 5 nitrogen and oxygen atoms in total. The number of methoxy groups -OCH3 is 1. The Kier molecular flexibility index (Phi) is 6.29. The first-order valence-electron chi connectivity index (χ1n) is 12.0. The van der Waals surface area contributed by atoms with Crippen LogP contribution in [0.1, 0.15) is 47.8 Å². The van der Waals surface area contributed by atoms with Crippen molar-refractivity contribution in [3.05, 3.63) is 94.0 Å². The molecule has 1 saturated heterocycles. The first kappa shape index (κ1) is 24.7. The second-order valence-corrected chi connectivity index (χ2v) is 11.9. The summed E-state index contributed by atoms with van der Waals surface area (Å²) < 4.78 is 5.51. The van der Waals surface area contributed by atoms with Crippen LogP contribution in [0.2, 0.25) is 5.02 Å². The maximum Gasteiger partial charge on any atom is 0.268 e. The van der Waals surface area contributed by atoms with Gasteiger partial charge in [0, 0.05) is 28.4 Å². The summed E-state index contributed by atoms with van der Waals surface area (Å²) in [5.41, 5.74) is 4.44. The number of halogens is 1. The van der Waals surface area contributed by atoms with Crippen molar-refractivity contribution in [1.82, 2.24) is 4.90 Å². The van der Waals surface area contributed by atoms with Gasteiger partial charge in [0.15, 0.2) is 4.87 Å². The van der Waals surface area contributed by atoms with E-state index in [9.17, 15) is 9.59 Å². The summed E-state index contributed by atoms with van der Waals surface area (Å²) in [6, 6.07) is 20.9. The van der Waals surface area contributed by atoms with Crippen LogP contribution in [0, 0.1) is 0 Å². The number of anilines is 1. The third-order valence-corrected chi connectivity index (χ3v) is 8.57. The Morgan fingerprint density at radius 1 is 1.06 bits per heavy atom. The number of fused-ring (bicyclic) bond motifs is 2. The van der Waals surface area contributed by atoms with Crippen LogP contribution in [-0.2, 0) is 21.6 Å². The molecule has 0 N–H and O–H groups in total. The monoisotopic (exact) mass is 520 g/mol. The zero-order valence-corrected chi connectivity index (χ0v) is 22.4. The summed E-state index contributed by atoms with van der Waals surface area (Å²) in [6.45, 7) is 7.45.